The summed E-state index contributed by atoms with van der Waals surface area (Å²) in [7, 11) is 0. The topological polar surface area (TPSA) is 58.2 Å². The third-order valence-corrected chi connectivity index (χ3v) is 3.59. The van der Waals surface area contributed by atoms with Crippen molar-refractivity contribution in [1.29, 1.82) is 0 Å². The van der Waals surface area contributed by atoms with E-state index < -0.39 is 5.82 Å². The number of amides is 2. The van der Waals surface area contributed by atoms with Crippen molar-refractivity contribution >= 4 is 28.8 Å². The zero-order chi connectivity index (χ0) is 15.1. The molecule has 0 aliphatic rings. The van der Waals surface area contributed by atoms with E-state index in [-0.39, 0.29) is 18.2 Å². The second-order valence-corrected chi connectivity index (χ2v) is 5.34. The van der Waals surface area contributed by atoms with Gasteiger partial charge >= 0.3 is 0 Å². The fourth-order valence-electron chi connectivity index (χ4n) is 1.74. The number of rotatable bonds is 6. The van der Waals surface area contributed by atoms with E-state index in [0.29, 0.717) is 23.5 Å². The Morgan fingerprint density at radius 1 is 1.19 bits per heavy atom. The Labute approximate surface area is 126 Å². The first-order valence-corrected chi connectivity index (χ1v) is 7.40. The van der Waals surface area contributed by atoms with Crippen molar-refractivity contribution in [1.82, 2.24) is 5.32 Å². The second-order valence-electron chi connectivity index (χ2n) is 4.40. The number of thiophene rings is 1. The molecular formula is C15H15FN2O2S. The minimum Gasteiger partial charge on any atom is -0.351 e. The summed E-state index contributed by atoms with van der Waals surface area (Å²) in [5.41, 5.74) is 0.433. The lowest BCUT2D eigenvalue weighted by Crippen LogP contribution is -2.24. The van der Waals surface area contributed by atoms with E-state index in [0.717, 1.165) is 0 Å². The van der Waals surface area contributed by atoms with Crippen LogP contribution in [0.1, 0.15) is 22.5 Å². The van der Waals surface area contributed by atoms with E-state index in [9.17, 15) is 14.0 Å². The van der Waals surface area contributed by atoms with Crippen LogP contribution in [0.4, 0.5) is 10.1 Å². The van der Waals surface area contributed by atoms with Crippen LogP contribution in [0, 0.1) is 5.82 Å². The minimum atomic E-state index is -0.393. The molecule has 1 aromatic heterocycles. The van der Waals surface area contributed by atoms with Gasteiger partial charge in [0.05, 0.1) is 4.88 Å². The van der Waals surface area contributed by atoms with Gasteiger partial charge in [-0.2, -0.15) is 0 Å². The van der Waals surface area contributed by atoms with E-state index in [4.69, 9.17) is 0 Å². The molecule has 0 saturated heterocycles. The Kier molecular flexibility index (Phi) is 5.45. The Hall–Kier alpha value is -2.21. The van der Waals surface area contributed by atoms with Gasteiger partial charge in [-0.25, -0.2) is 4.39 Å². The van der Waals surface area contributed by atoms with E-state index in [1.165, 1.54) is 29.5 Å². The molecule has 0 spiro atoms. The third kappa shape index (κ3) is 5.00. The summed E-state index contributed by atoms with van der Waals surface area (Å²) < 4.78 is 12.9. The van der Waals surface area contributed by atoms with Crippen LogP contribution >= 0.6 is 11.3 Å². The molecule has 21 heavy (non-hydrogen) atoms. The maximum atomic E-state index is 12.9. The van der Waals surface area contributed by atoms with Crippen LogP contribution in [-0.4, -0.2) is 18.4 Å². The molecule has 2 aromatic rings. The summed E-state index contributed by atoms with van der Waals surface area (Å²) >= 11 is 1.37. The zero-order valence-corrected chi connectivity index (χ0v) is 12.1. The summed E-state index contributed by atoms with van der Waals surface area (Å²) in [5, 5.41) is 7.19. The van der Waals surface area contributed by atoms with Crippen LogP contribution in [0.3, 0.4) is 0 Å². The predicted molar refractivity (Wildman–Crippen MR) is 80.9 cm³/mol. The van der Waals surface area contributed by atoms with Crippen molar-refractivity contribution in [3.05, 3.63) is 52.5 Å². The number of halogens is 1. The van der Waals surface area contributed by atoms with E-state index in [1.807, 2.05) is 11.4 Å². The minimum absolute atomic E-state index is 0.129. The molecular weight excluding hydrogens is 291 g/mol. The highest BCUT2D eigenvalue weighted by Crippen LogP contribution is 2.10. The first-order chi connectivity index (χ1) is 10.1. The molecule has 0 aliphatic heterocycles. The number of carbonyl (C=O) groups is 2. The molecule has 0 radical (unpaired) electrons. The normalized spacial score (nSPS) is 10.1. The number of benzene rings is 1. The third-order valence-electron chi connectivity index (χ3n) is 2.72. The van der Waals surface area contributed by atoms with Crippen LogP contribution in [0.2, 0.25) is 0 Å². The number of anilines is 1. The lowest BCUT2D eigenvalue weighted by Gasteiger charge is -2.06. The molecule has 1 aromatic carbocycles. The standard InChI is InChI=1S/C15H15FN2O2S/c16-11-4-1-5-12(10-11)18-14(19)7-2-8-17-15(20)13-6-3-9-21-13/h1,3-6,9-10H,2,7-8H2,(H,17,20)(H,18,19). The van der Waals surface area contributed by atoms with Crippen LogP contribution in [0.5, 0.6) is 0 Å². The van der Waals surface area contributed by atoms with Gasteiger partial charge in [0, 0.05) is 18.7 Å². The Bertz CT molecular complexity index is 614. The summed E-state index contributed by atoms with van der Waals surface area (Å²) in [5.74, 6) is -0.725. The first-order valence-electron chi connectivity index (χ1n) is 6.52. The highest BCUT2D eigenvalue weighted by atomic mass is 32.1. The van der Waals surface area contributed by atoms with Gasteiger partial charge in [0.1, 0.15) is 5.82 Å². The zero-order valence-electron chi connectivity index (χ0n) is 11.3. The van der Waals surface area contributed by atoms with E-state index in [2.05, 4.69) is 10.6 Å². The molecule has 0 bridgehead atoms. The molecule has 0 unspecified atom stereocenters. The van der Waals surface area contributed by atoms with Gasteiger partial charge in [-0.05, 0) is 36.1 Å². The SMILES string of the molecule is O=C(CCCNC(=O)c1cccs1)Nc1cccc(F)c1. The molecule has 2 N–H and O–H groups in total. The first kappa shape index (κ1) is 15.2. The molecule has 0 aliphatic carbocycles. The highest BCUT2D eigenvalue weighted by Gasteiger charge is 2.06. The summed E-state index contributed by atoms with van der Waals surface area (Å²) in [6, 6.07) is 9.29. The van der Waals surface area contributed by atoms with Crippen molar-refractivity contribution in [3.63, 3.8) is 0 Å². The predicted octanol–water partition coefficient (Wildman–Crippen LogP) is 3.04. The van der Waals surface area contributed by atoms with Crippen LogP contribution in [-0.2, 0) is 4.79 Å². The molecule has 2 rings (SSSR count). The largest absolute Gasteiger partial charge is 0.351 e. The molecule has 1 heterocycles. The van der Waals surface area contributed by atoms with Gasteiger partial charge < -0.3 is 10.6 Å². The molecule has 110 valence electrons. The fourth-order valence-corrected chi connectivity index (χ4v) is 2.38. The summed E-state index contributed by atoms with van der Waals surface area (Å²) in [6.07, 6.45) is 0.791. The van der Waals surface area contributed by atoms with E-state index >= 15 is 0 Å². The van der Waals surface area contributed by atoms with Crippen molar-refractivity contribution in [2.24, 2.45) is 0 Å². The van der Waals surface area contributed by atoms with Crippen molar-refractivity contribution in [2.75, 3.05) is 11.9 Å². The Balaban J connectivity index is 1.67. The van der Waals surface area contributed by atoms with Crippen molar-refractivity contribution in [2.45, 2.75) is 12.8 Å². The van der Waals surface area contributed by atoms with Gasteiger partial charge in [-0.3, -0.25) is 9.59 Å². The molecule has 4 nitrogen and oxygen atoms in total. The van der Waals surface area contributed by atoms with E-state index in [1.54, 1.807) is 12.1 Å². The molecule has 6 heteroatoms. The van der Waals surface area contributed by atoms with Gasteiger partial charge in [-0.15, -0.1) is 11.3 Å². The average molecular weight is 306 g/mol. The van der Waals surface area contributed by atoms with Gasteiger partial charge in [0.2, 0.25) is 5.91 Å². The van der Waals surface area contributed by atoms with Crippen LogP contribution < -0.4 is 10.6 Å². The van der Waals surface area contributed by atoms with Crippen LogP contribution in [0.25, 0.3) is 0 Å². The number of carbonyl (C=O) groups excluding carboxylic acids is 2. The highest BCUT2D eigenvalue weighted by molar-refractivity contribution is 7.12. The Morgan fingerprint density at radius 3 is 2.76 bits per heavy atom. The molecule has 2 amide bonds. The van der Waals surface area contributed by atoms with Crippen molar-refractivity contribution < 1.29 is 14.0 Å². The lowest BCUT2D eigenvalue weighted by molar-refractivity contribution is -0.116. The molecule has 0 saturated carbocycles. The average Bonchev–Trinajstić information content (AvgIpc) is 2.97. The maximum absolute atomic E-state index is 12.9. The van der Waals surface area contributed by atoms with Gasteiger partial charge in [-0.1, -0.05) is 12.1 Å². The van der Waals surface area contributed by atoms with Gasteiger partial charge in [0.15, 0.2) is 0 Å². The van der Waals surface area contributed by atoms with Crippen molar-refractivity contribution in [3.8, 4) is 0 Å². The fraction of sp³-hybridized carbons (Fsp3) is 0.200. The monoisotopic (exact) mass is 306 g/mol. The van der Waals surface area contributed by atoms with Crippen LogP contribution in [0.15, 0.2) is 41.8 Å². The quantitative estimate of drug-likeness (QED) is 0.806. The number of nitrogens with one attached hydrogen (secondary N) is 2. The number of hydrogen-bond donors (Lipinski definition) is 2. The molecule has 0 fully saturated rings. The Morgan fingerprint density at radius 2 is 2.05 bits per heavy atom. The number of hydrogen-bond acceptors (Lipinski definition) is 3. The second kappa shape index (κ2) is 7.54. The summed E-state index contributed by atoms with van der Waals surface area (Å²) in [4.78, 5) is 23.9. The summed E-state index contributed by atoms with van der Waals surface area (Å²) in [6.45, 7) is 0.424. The van der Waals surface area contributed by atoms with Gasteiger partial charge in [0.25, 0.3) is 5.91 Å². The smallest absolute Gasteiger partial charge is 0.261 e. The maximum Gasteiger partial charge on any atom is 0.261 e. The molecule has 0 atom stereocenters. The lowest BCUT2D eigenvalue weighted by atomic mass is 10.2.